The Kier molecular flexibility index (Phi) is 7.03. The number of carbonyl (C=O) groups excluding carboxylic acids is 1. The number of benzene rings is 1. The summed E-state index contributed by atoms with van der Waals surface area (Å²) in [6, 6.07) is 8.41. The first kappa shape index (κ1) is 21.5. The zero-order valence-corrected chi connectivity index (χ0v) is 18.7. The quantitative estimate of drug-likeness (QED) is 0.456. The van der Waals surface area contributed by atoms with E-state index in [-0.39, 0.29) is 11.4 Å². The van der Waals surface area contributed by atoms with Gasteiger partial charge in [0.05, 0.1) is 24.5 Å². The second kappa shape index (κ2) is 9.50. The first-order valence-electron chi connectivity index (χ1n) is 10.6. The first-order chi connectivity index (χ1) is 14.0. The molecule has 0 fully saturated rings. The lowest BCUT2D eigenvalue weighted by atomic mass is 9.71. The Hall–Kier alpha value is -2.25. The van der Waals surface area contributed by atoms with E-state index in [0.29, 0.717) is 13.0 Å². The predicted molar refractivity (Wildman–Crippen MR) is 119 cm³/mol. The molecule has 0 atom stereocenters. The number of carbonyl (C=O) groups is 1. The van der Waals surface area contributed by atoms with Crippen LogP contribution in [0.5, 0.6) is 5.75 Å². The van der Waals surface area contributed by atoms with E-state index in [1.54, 1.807) is 11.3 Å². The van der Waals surface area contributed by atoms with Crippen LogP contribution in [0.3, 0.4) is 0 Å². The van der Waals surface area contributed by atoms with Crippen LogP contribution in [0.4, 0.5) is 0 Å². The molecule has 0 saturated heterocycles. The predicted octanol–water partition coefficient (Wildman–Crippen LogP) is 5.66. The molecule has 1 aliphatic heterocycles. The third-order valence-corrected chi connectivity index (χ3v) is 6.96. The van der Waals surface area contributed by atoms with Gasteiger partial charge in [0.2, 0.25) is 0 Å². The summed E-state index contributed by atoms with van der Waals surface area (Å²) in [6.45, 7) is 9.73. The second-order valence-electron chi connectivity index (χ2n) is 7.44. The van der Waals surface area contributed by atoms with Crippen molar-refractivity contribution in [1.82, 2.24) is 0 Å². The Morgan fingerprint density at radius 3 is 2.66 bits per heavy atom. The van der Waals surface area contributed by atoms with Gasteiger partial charge in [-0.25, -0.2) is 0 Å². The van der Waals surface area contributed by atoms with Crippen LogP contribution in [0.25, 0.3) is 0 Å². The summed E-state index contributed by atoms with van der Waals surface area (Å²) in [4.78, 5) is 13.6. The van der Waals surface area contributed by atoms with Crippen LogP contribution in [-0.4, -0.2) is 19.2 Å². The molecule has 154 valence electrons. The van der Waals surface area contributed by atoms with Crippen molar-refractivity contribution in [1.29, 1.82) is 0 Å². The van der Waals surface area contributed by atoms with Gasteiger partial charge < -0.3 is 9.47 Å². The average Bonchev–Trinajstić information content (AvgIpc) is 3.18. The Morgan fingerprint density at radius 1 is 1.17 bits per heavy atom. The lowest BCUT2D eigenvalue weighted by Crippen LogP contribution is -2.32. The van der Waals surface area contributed by atoms with Gasteiger partial charge >= 0.3 is 5.97 Å². The normalized spacial score (nSPS) is 14.3. The smallest absolute Gasteiger partial charge is 0.311 e. The number of hydrogen-bond acceptors (Lipinski definition) is 4. The zero-order chi connectivity index (χ0) is 20.9. The highest BCUT2D eigenvalue weighted by atomic mass is 32.1. The summed E-state index contributed by atoms with van der Waals surface area (Å²) in [5, 5.41) is 0. The summed E-state index contributed by atoms with van der Waals surface area (Å²) < 4.78 is 11.0. The van der Waals surface area contributed by atoms with Gasteiger partial charge in [0.15, 0.2) is 0 Å². The number of fused-ring (bicyclic) bond motifs is 1. The molecule has 29 heavy (non-hydrogen) atoms. The molecule has 0 saturated carbocycles. The molecule has 4 heteroatoms. The average molecular weight is 411 g/mol. The summed E-state index contributed by atoms with van der Waals surface area (Å²) in [7, 11) is 0. The summed E-state index contributed by atoms with van der Waals surface area (Å²) in [6.07, 6.45) is 4.52. The van der Waals surface area contributed by atoms with Crippen molar-refractivity contribution in [3.63, 3.8) is 0 Å². The van der Waals surface area contributed by atoms with Crippen molar-refractivity contribution in [2.45, 2.75) is 65.2 Å². The van der Waals surface area contributed by atoms with Crippen molar-refractivity contribution in [3.05, 3.63) is 50.7 Å². The minimum Gasteiger partial charge on any atom is -0.493 e. The van der Waals surface area contributed by atoms with Gasteiger partial charge in [-0.3, -0.25) is 4.79 Å². The van der Waals surface area contributed by atoms with E-state index >= 15 is 0 Å². The van der Waals surface area contributed by atoms with E-state index in [0.717, 1.165) is 53.4 Å². The van der Waals surface area contributed by atoms with Gasteiger partial charge in [-0.15, -0.1) is 11.3 Å². The van der Waals surface area contributed by atoms with Gasteiger partial charge in [-0.05, 0) is 62.4 Å². The number of hydrogen-bond donors (Lipinski definition) is 0. The largest absolute Gasteiger partial charge is 0.493 e. The number of esters is 1. The lowest BCUT2D eigenvalue weighted by Gasteiger charge is -2.38. The van der Waals surface area contributed by atoms with Gasteiger partial charge in [-0.2, -0.15) is 0 Å². The van der Waals surface area contributed by atoms with Crippen LogP contribution in [0.1, 0.15) is 73.4 Å². The number of aryl methyl sites for hydroxylation is 1. The fourth-order valence-corrected chi connectivity index (χ4v) is 4.91. The van der Waals surface area contributed by atoms with Crippen LogP contribution in [0, 0.1) is 11.8 Å². The van der Waals surface area contributed by atoms with Crippen molar-refractivity contribution in [3.8, 4) is 17.6 Å². The van der Waals surface area contributed by atoms with E-state index in [2.05, 4.69) is 44.7 Å². The van der Waals surface area contributed by atoms with Gasteiger partial charge in [0.25, 0.3) is 0 Å². The van der Waals surface area contributed by atoms with E-state index in [1.165, 1.54) is 11.1 Å². The molecular formula is C25H30O3S. The van der Waals surface area contributed by atoms with E-state index in [9.17, 15) is 4.79 Å². The molecule has 3 nitrogen and oxygen atoms in total. The first-order valence-corrected chi connectivity index (χ1v) is 11.4. The van der Waals surface area contributed by atoms with Crippen LogP contribution in [-0.2, 0) is 27.8 Å². The highest BCUT2D eigenvalue weighted by Gasteiger charge is 2.35. The molecule has 0 aliphatic carbocycles. The fourth-order valence-electron chi connectivity index (χ4n) is 4.06. The third kappa shape index (κ3) is 4.67. The van der Waals surface area contributed by atoms with Gasteiger partial charge in [-0.1, -0.05) is 32.6 Å². The molecule has 2 aromatic rings. The van der Waals surface area contributed by atoms with Crippen molar-refractivity contribution in [2.24, 2.45) is 0 Å². The summed E-state index contributed by atoms with van der Waals surface area (Å²) in [5.74, 6) is 7.55. The molecule has 0 N–H and O–H groups in total. The van der Waals surface area contributed by atoms with Crippen molar-refractivity contribution < 1.29 is 14.3 Å². The molecule has 1 aromatic heterocycles. The van der Waals surface area contributed by atoms with Crippen molar-refractivity contribution in [2.75, 3.05) is 13.2 Å². The fraction of sp³-hybridized carbons (Fsp3) is 0.480. The topological polar surface area (TPSA) is 35.5 Å². The number of ether oxygens (including phenoxy) is 2. The van der Waals surface area contributed by atoms with E-state index < -0.39 is 0 Å². The molecule has 0 spiro atoms. The summed E-state index contributed by atoms with van der Waals surface area (Å²) in [5.41, 5.74) is 3.81. The molecule has 0 radical (unpaired) electrons. The molecule has 2 heterocycles. The van der Waals surface area contributed by atoms with Crippen LogP contribution in [0.15, 0.2) is 24.3 Å². The highest BCUT2D eigenvalue weighted by molar-refractivity contribution is 7.12. The number of thiophene rings is 1. The zero-order valence-electron chi connectivity index (χ0n) is 17.9. The standard InChI is InChI=1S/C25H30O3S/c1-5-18-16-23-22(25(6-2,7-3)13-14-28-23)15-19(18)9-10-20-11-12-21(29-20)17-24(26)27-8-4/h11-12,15-16H,5-8,13-14,17H2,1-4H3. The summed E-state index contributed by atoms with van der Waals surface area (Å²) >= 11 is 1.56. The molecule has 1 aromatic carbocycles. The lowest BCUT2D eigenvalue weighted by molar-refractivity contribution is -0.142. The van der Waals surface area contributed by atoms with Crippen LogP contribution >= 0.6 is 11.3 Å². The Labute approximate surface area is 178 Å². The van der Waals surface area contributed by atoms with Crippen LogP contribution in [0.2, 0.25) is 0 Å². The monoisotopic (exact) mass is 410 g/mol. The Bertz CT molecular complexity index is 925. The van der Waals surface area contributed by atoms with Crippen molar-refractivity contribution >= 4 is 17.3 Å². The van der Waals surface area contributed by atoms with E-state index in [4.69, 9.17) is 9.47 Å². The number of rotatable bonds is 6. The second-order valence-corrected chi connectivity index (χ2v) is 8.61. The Morgan fingerprint density at radius 2 is 1.97 bits per heavy atom. The molecule has 3 rings (SSSR count). The highest BCUT2D eigenvalue weighted by Crippen LogP contribution is 2.44. The van der Waals surface area contributed by atoms with Gasteiger partial charge in [0, 0.05) is 21.4 Å². The molecule has 0 bridgehead atoms. The molecule has 0 amide bonds. The molecule has 0 unspecified atom stereocenters. The molecular weight excluding hydrogens is 380 g/mol. The van der Waals surface area contributed by atoms with Gasteiger partial charge in [0.1, 0.15) is 5.75 Å². The maximum Gasteiger partial charge on any atom is 0.311 e. The minimum absolute atomic E-state index is 0.187. The minimum atomic E-state index is -0.188. The SMILES string of the molecule is CCOC(=O)Cc1ccc(C#Cc2cc3c(cc2CC)OCCC3(CC)CC)s1. The third-order valence-electron chi connectivity index (χ3n) is 5.96. The maximum absolute atomic E-state index is 11.7. The maximum atomic E-state index is 11.7. The molecule has 1 aliphatic rings. The van der Waals surface area contributed by atoms with Crippen LogP contribution < -0.4 is 4.74 Å². The van der Waals surface area contributed by atoms with E-state index in [1.807, 2.05) is 19.1 Å². The Balaban J connectivity index is 1.91.